The monoisotopic (exact) mass is 247 g/mol. The van der Waals surface area contributed by atoms with Crippen LogP contribution in [-0.4, -0.2) is 27.9 Å². The maximum atomic E-state index is 10.8. The molecule has 1 rings (SSSR count). The van der Waals surface area contributed by atoms with Gasteiger partial charge in [0.15, 0.2) is 0 Å². The molecule has 1 aromatic rings. The minimum Gasteiger partial charge on any atom is -0.378 e. The number of nitrogens with zero attached hydrogens (tertiary/aromatic N) is 1. The van der Waals surface area contributed by atoms with E-state index >= 15 is 0 Å². The molecule has 0 bridgehead atoms. The molecular formula is C13H13NO2S. The fraction of sp³-hybridized carbons (Fsp3) is 0.308. The van der Waals surface area contributed by atoms with Crippen molar-refractivity contribution >= 4 is 23.3 Å². The summed E-state index contributed by atoms with van der Waals surface area (Å²) in [6.07, 6.45) is 3.50. The van der Waals surface area contributed by atoms with Crippen LogP contribution < -0.4 is 0 Å². The summed E-state index contributed by atoms with van der Waals surface area (Å²) in [7, 11) is 0. The van der Waals surface area contributed by atoms with E-state index in [1.807, 2.05) is 12.3 Å². The summed E-state index contributed by atoms with van der Waals surface area (Å²) < 4.78 is 0. The second-order valence-electron chi connectivity index (χ2n) is 3.88. The van der Waals surface area contributed by atoms with Crippen molar-refractivity contribution in [2.24, 2.45) is 0 Å². The van der Waals surface area contributed by atoms with Crippen molar-refractivity contribution in [2.45, 2.75) is 24.5 Å². The van der Waals surface area contributed by atoms with E-state index in [1.165, 1.54) is 11.8 Å². The van der Waals surface area contributed by atoms with Gasteiger partial charge >= 0.3 is 0 Å². The number of thioether (sulfide) groups is 1. The molecule has 0 radical (unpaired) electrons. The second kappa shape index (κ2) is 5.70. The van der Waals surface area contributed by atoms with Crippen LogP contribution in [0.5, 0.6) is 0 Å². The zero-order chi connectivity index (χ0) is 12.9. The Bertz CT molecular complexity index is 497. The van der Waals surface area contributed by atoms with Crippen molar-refractivity contribution in [3.05, 3.63) is 23.9 Å². The third-order valence-corrected chi connectivity index (χ3v) is 2.49. The largest absolute Gasteiger partial charge is 0.378 e. The molecule has 0 fully saturated rings. The summed E-state index contributed by atoms with van der Waals surface area (Å²) in [6, 6.07) is 3.57. The van der Waals surface area contributed by atoms with Gasteiger partial charge in [-0.3, -0.25) is 0 Å². The minimum absolute atomic E-state index is 0.201. The van der Waals surface area contributed by atoms with Gasteiger partial charge in [0.25, 0.3) is 0 Å². The van der Waals surface area contributed by atoms with Gasteiger partial charge < -0.3 is 5.11 Å². The Morgan fingerprint density at radius 3 is 2.59 bits per heavy atom. The molecule has 0 spiro atoms. The molecule has 0 saturated carbocycles. The van der Waals surface area contributed by atoms with E-state index in [2.05, 4.69) is 16.8 Å². The normalized spacial score (nSPS) is 10.1. The molecule has 0 aliphatic heterocycles. The molecule has 17 heavy (non-hydrogen) atoms. The van der Waals surface area contributed by atoms with Crippen LogP contribution in [0.1, 0.15) is 19.4 Å². The highest BCUT2D eigenvalue weighted by Crippen LogP contribution is 2.15. The zero-order valence-corrected chi connectivity index (χ0v) is 10.8. The van der Waals surface area contributed by atoms with Gasteiger partial charge in [0.05, 0.1) is 5.03 Å². The Labute approximate surface area is 105 Å². The summed E-state index contributed by atoms with van der Waals surface area (Å²) in [5.74, 6) is 6.95. The van der Waals surface area contributed by atoms with Crippen LogP contribution in [0.2, 0.25) is 0 Å². The van der Waals surface area contributed by atoms with Gasteiger partial charge in [0.2, 0.25) is 0 Å². The summed E-state index contributed by atoms with van der Waals surface area (Å²) in [5, 5.41) is 10.3. The summed E-state index contributed by atoms with van der Waals surface area (Å²) >= 11 is 1.52. The maximum Gasteiger partial charge on any atom is 0.142 e. The van der Waals surface area contributed by atoms with Crippen molar-refractivity contribution in [3.63, 3.8) is 0 Å². The van der Waals surface area contributed by atoms with Gasteiger partial charge in [0.1, 0.15) is 17.1 Å². The molecule has 0 unspecified atom stereocenters. The number of carbonyl (C=O) groups excluding carboxylic acids is 1. The van der Waals surface area contributed by atoms with Crippen LogP contribution in [-0.2, 0) is 4.79 Å². The molecule has 1 N–H and O–H groups in total. The molecular weight excluding hydrogens is 234 g/mol. The molecule has 1 heterocycles. The van der Waals surface area contributed by atoms with Crippen molar-refractivity contribution in [2.75, 3.05) is 6.26 Å². The fourth-order valence-corrected chi connectivity index (χ4v) is 1.38. The lowest BCUT2D eigenvalue weighted by Gasteiger charge is -2.06. The van der Waals surface area contributed by atoms with Gasteiger partial charge in [-0.25, -0.2) is 9.78 Å². The molecule has 0 aliphatic carbocycles. The lowest BCUT2D eigenvalue weighted by Crippen LogP contribution is -2.14. The first-order chi connectivity index (χ1) is 7.96. The zero-order valence-electron chi connectivity index (χ0n) is 9.94. The minimum atomic E-state index is -1.13. The first-order valence-corrected chi connectivity index (χ1v) is 6.20. The van der Waals surface area contributed by atoms with Crippen LogP contribution >= 0.6 is 11.8 Å². The SMILES string of the molecule is CSc1ccc(C(=C=O)C#CC(C)(C)O)cn1. The molecule has 3 nitrogen and oxygen atoms in total. The quantitative estimate of drug-likeness (QED) is 0.492. The van der Waals surface area contributed by atoms with Gasteiger partial charge in [0, 0.05) is 11.8 Å². The first kappa shape index (κ1) is 13.5. The number of aliphatic hydroxyl groups is 1. The Kier molecular flexibility index (Phi) is 4.53. The second-order valence-corrected chi connectivity index (χ2v) is 4.70. The average Bonchev–Trinajstić information content (AvgIpc) is 2.29. The predicted molar refractivity (Wildman–Crippen MR) is 69.2 cm³/mol. The standard InChI is InChI=1S/C13H13NO2S/c1-13(2,16)7-6-11(9-15)10-4-5-12(17-3)14-8-10/h4-5,8,16H,1-3H3. The molecule has 0 saturated heterocycles. The van der Waals surface area contributed by atoms with E-state index in [9.17, 15) is 9.90 Å². The van der Waals surface area contributed by atoms with Crippen molar-refractivity contribution < 1.29 is 9.90 Å². The molecule has 0 aliphatic rings. The van der Waals surface area contributed by atoms with E-state index in [0.29, 0.717) is 5.56 Å². The molecule has 0 atom stereocenters. The molecule has 0 aromatic carbocycles. The highest BCUT2D eigenvalue weighted by molar-refractivity contribution is 7.98. The van der Waals surface area contributed by atoms with Crippen molar-refractivity contribution in [1.82, 2.24) is 4.98 Å². The van der Waals surface area contributed by atoms with Gasteiger partial charge in [-0.2, -0.15) is 0 Å². The highest BCUT2D eigenvalue weighted by atomic mass is 32.2. The van der Waals surface area contributed by atoms with Gasteiger partial charge in [-0.05, 0) is 32.2 Å². The van der Waals surface area contributed by atoms with E-state index in [4.69, 9.17) is 0 Å². The predicted octanol–water partition coefficient (Wildman–Crippen LogP) is 1.79. The summed E-state index contributed by atoms with van der Waals surface area (Å²) in [6.45, 7) is 3.11. The lowest BCUT2D eigenvalue weighted by molar-refractivity contribution is 0.143. The van der Waals surface area contributed by atoms with E-state index < -0.39 is 5.60 Å². The number of hydrogen-bond donors (Lipinski definition) is 1. The molecule has 1 aromatic heterocycles. The number of rotatable bonds is 2. The van der Waals surface area contributed by atoms with E-state index in [-0.39, 0.29) is 5.57 Å². The topological polar surface area (TPSA) is 50.2 Å². The molecule has 0 amide bonds. The molecule has 88 valence electrons. The van der Waals surface area contributed by atoms with Crippen LogP contribution in [0.25, 0.3) is 5.57 Å². The average molecular weight is 247 g/mol. The van der Waals surface area contributed by atoms with Crippen LogP contribution in [0.3, 0.4) is 0 Å². The van der Waals surface area contributed by atoms with Crippen molar-refractivity contribution in [3.8, 4) is 11.8 Å². The third-order valence-electron chi connectivity index (χ3n) is 1.83. The number of pyridine rings is 1. The first-order valence-electron chi connectivity index (χ1n) is 4.97. The smallest absolute Gasteiger partial charge is 0.142 e. The highest BCUT2D eigenvalue weighted by Gasteiger charge is 2.07. The third kappa shape index (κ3) is 4.46. The Morgan fingerprint density at radius 1 is 1.47 bits per heavy atom. The van der Waals surface area contributed by atoms with Crippen LogP contribution in [0.4, 0.5) is 0 Å². The number of hydrogen-bond acceptors (Lipinski definition) is 4. The number of aromatic nitrogens is 1. The Hall–Kier alpha value is -1.53. The van der Waals surface area contributed by atoms with Crippen LogP contribution in [0.15, 0.2) is 23.4 Å². The van der Waals surface area contributed by atoms with Crippen molar-refractivity contribution in [1.29, 1.82) is 0 Å². The van der Waals surface area contributed by atoms with E-state index in [0.717, 1.165) is 5.03 Å². The Balaban J connectivity index is 3.03. The fourth-order valence-electron chi connectivity index (χ4n) is 1.02. The van der Waals surface area contributed by atoms with E-state index in [1.54, 1.807) is 32.1 Å². The summed E-state index contributed by atoms with van der Waals surface area (Å²) in [5.41, 5.74) is -0.323. The van der Waals surface area contributed by atoms with Gasteiger partial charge in [-0.1, -0.05) is 11.8 Å². The van der Waals surface area contributed by atoms with Crippen LogP contribution in [0, 0.1) is 11.8 Å². The molecule has 4 heteroatoms. The maximum absolute atomic E-state index is 10.8. The lowest BCUT2D eigenvalue weighted by atomic mass is 10.1. The van der Waals surface area contributed by atoms with Gasteiger partial charge in [-0.15, -0.1) is 11.8 Å². The number of allylic oxidation sites excluding steroid dienone is 1. The Morgan fingerprint density at radius 2 is 2.18 bits per heavy atom. The summed E-state index contributed by atoms with van der Waals surface area (Å²) in [4.78, 5) is 14.9.